The number of rotatable bonds is 4. The van der Waals surface area contributed by atoms with Crippen LogP contribution in [-0.2, 0) is 13.0 Å². The minimum atomic E-state index is 0.0815. The first-order chi connectivity index (χ1) is 10.1. The zero-order valence-corrected chi connectivity index (χ0v) is 13.1. The van der Waals surface area contributed by atoms with E-state index in [1.807, 2.05) is 12.1 Å². The number of hydrogen-bond acceptors (Lipinski definition) is 3. The van der Waals surface area contributed by atoms with Crippen molar-refractivity contribution in [3.05, 3.63) is 39.0 Å². The predicted molar refractivity (Wildman–Crippen MR) is 85.6 cm³/mol. The molecule has 1 aliphatic heterocycles. The molecule has 0 radical (unpaired) electrons. The fourth-order valence-electron chi connectivity index (χ4n) is 2.85. The molecule has 0 atom stereocenters. The Labute approximate surface area is 128 Å². The first-order valence-corrected chi connectivity index (χ1v) is 7.58. The van der Waals surface area contributed by atoms with Gasteiger partial charge in [0.05, 0.1) is 17.7 Å². The Bertz CT molecular complexity index is 737. The molecule has 2 heterocycles. The van der Waals surface area contributed by atoms with Gasteiger partial charge in [-0.2, -0.15) is 0 Å². The second-order valence-corrected chi connectivity index (χ2v) is 6.12. The molecule has 0 amide bonds. The Balaban J connectivity index is 2.14. The molecule has 0 fully saturated rings. The van der Waals surface area contributed by atoms with E-state index in [-0.39, 0.29) is 5.43 Å². The normalized spacial score (nSPS) is 13.7. The number of aromatic nitrogens is 1. The van der Waals surface area contributed by atoms with Crippen LogP contribution in [0.5, 0.6) is 5.88 Å². The molecular formula is C16H19ClN2O2. The highest BCUT2D eigenvalue weighted by molar-refractivity contribution is 6.31. The van der Waals surface area contributed by atoms with E-state index in [0.717, 1.165) is 41.9 Å². The smallest absolute Gasteiger partial charge is 0.201 e. The number of ether oxygens (including phenoxy) is 1. The van der Waals surface area contributed by atoms with Crippen molar-refractivity contribution < 1.29 is 4.74 Å². The summed E-state index contributed by atoms with van der Waals surface area (Å²) in [5.74, 6) is 0.730. The van der Waals surface area contributed by atoms with Gasteiger partial charge in [-0.1, -0.05) is 11.6 Å². The first kappa shape index (κ1) is 14.4. The summed E-state index contributed by atoms with van der Waals surface area (Å²) in [7, 11) is 4.11. The average molecular weight is 307 g/mol. The summed E-state index contributed by atoms with van der Waals surface area (Å²) in [6.07, 6.45) is 1.69. The summed E-state index contributed by atoms with van der Waals surface area (Å²) in [5, 5.41) is 1.37. The molecule has 1 aromatic heterocycles. The van der Waals surface area contributed by atoms with Gasteiger partial charge in [0.15, 0.2) is 5.43 Å². The SMILES string of the molecule is CN(C)CCCn1c2c(c(=O)c3ccc(Cl)cc31)CCO2. The molecule has 1 aliphatic rings. The molecule has 0 aliphatic carbocycles. The average Bonchev–Trinajstić information content (AvgIpc) is 2.91. The molecule has 1 aromatic carbocycles. The highest BCUT2D eigenvalue weighted by Gasteiger charge is 2.22. The van der Waals surface area contributed by atoms with Crippen molar-refractivity contribution in [1.82, 2.24) is 9.47 Å². The van der Waals surface area contributed by atoms with Gasteiger partial charge in [-0.3, -0.25) is 4.79 Å². The van der Waals surface area contributed by atoms with Crippen molar-refractivity contribution in [1.29, 1.82) is 0 Å². The van der Waals surface area contributed by atoms with Crippen LogP contribution in [0.3, 0.4) is 0 Å². The van der Waals surface area contributed by atoms with Gasteiger partial charge in [-0.05, 0) is 45.3 Å². The topological polar surface area (TPSA) is 34.5 Å². The van der Waals surface area contributed by atoms with Crippen molar-refractivity contribution in [2.75, 3.05) is 27.2 Å². The lowest BCUT2D eigenvalue weighted by atomic mass is 10.1. The van der Waals surface area contributed by atoms with Crippen molar-refractivity contribution in [3.8, 4) is 5.88 Å². The number of nitrogens with zero attached hydrogens (tertiary/aromatic N) is 2. The molecule has 0 unspecified atom stereocenters. The van der Waals surface area contributed by atoms with Crippen LogP contribution in [0.2, 0.25) is 5.02 Å². The molecule has 5 heteroatoms. The highest BCUT2D eigenvalue weighted by Crippen LogP contribution is 2.29. The van der Waals surface area contributed by atoms with E-state index < -0.39 is 0 Å². The van der Waals surface area contributed by atoms with E-state index in [2.05, 4.69) is 23.6 Å². The van der Waals surface area contributed by atoms with Crippen LogP contribution in [0.25, 0.3) is 10.9 Å². The van der Waals surface area contributed by atoms with Crippen LogP contribution in [0.4, 0.5) is 0 Å². The van der Waals surface area contributed by atoms with E-state index in [0.29, 0.717) is 18.1 Å². The number of benzene rings is 1. The van der Waals surface area contributed by atoms with Crippen LogP contribution in [0.1, 0.15) is 12.0 Å². The summed E-state index contributed by atoms with van der Waals surface area (Å²) < 4.78 is 7.83. The fraction of sp³-hybridized carbons (Fsp3) is 0.438. The summed E-state index contributed by atoms with van der Waals surface area (Å²) in [4.78, 5) is 14.7. The van der Waals surface area contributed by atoms with Gasteiger partial charge in [0, 0.05) is 23.4 Å². The third kappa shape index (κ3) is 2.65. The lowest BCUT2D eigenvalue weighted by Crippen LogP contribution is -2.18. The van der Waals surface area contributed by atoms with Gasteiger partial charge in [-0.25, -0.2) is 0 Å². The van der Waals surface area contributed by atoms with E-state index in [1.54, 1.807) is 6.07 Å². The lowest BCUT2D eigenvalue weighted by Gasteiger charge is -2.17. The van der Waals surface area contributed by atoms with Crippen LogP contribution >= 0.6 is 11.6 Å². The third-order valence-electron chi connectivity index (χ3n) is 3.85. The van der Waals surface area contributed by atoms with Crippen LogP contribution in [-0.4, -0.2) is 36.7 Å². The second kappa shape index (κ2) is 5.70. The lowest BCUT2D eigenvalue weighted by molar-refractivity contribution is 0.320. The van der Waals surface area contributed by atoms with Crippen molar-refractivity contribution in [2.45, 2.75) is 19.4 Å². The van der Waals surface area contributed by atoms with Gasteiger partial charge in [0.2, 0.25) is 5.88 Å². The van der Waals surface area contributed by atoms with Gasteiger partial charge in [0.1, 0.15) is 0 Å². The van der Waals surface area contributed by atoms with Gasteiger partial charge in [-0.15, -0.1) is 0 Å². The van der Waals surface area contributed by atoms with Crippen molar-refractivity contribution in [2.24, 2.45) is 0 Å². The predicted octanol–water partition coefficient (Wildman–Crippen LogP) is 2.54. The van der Waals surface area contributed by atoms with Crippen molar-refractivity contribution in [3.63, 3.8) is 0 Å². The third-order valence-corrected chi connectivity index (χ3v) is 4.09. The Morgan fingerprint density at radius 3 is 2.95 bits per heavy atom. The van der Waals surface area contributed by atoms with E-state index in [4.69, 9.17) is 16.3 Å². The molecule has 0 bridgehead atoms. The standard InChI is InChI=1S/C16H19ClN2O2/c1-18(2)7-3-8-19-14-10-11(17)4-5-12(14)15(20)13-6-9-21-16(13)19/h4-5,10H,3,6-9H2,1-2H3. The van der Waals surface area contributed by atoms with Crippen LogP contribution in [0, 0.1) is 0 Å². The Morgan fingerprint density at radius 1 is 1.38 bits per heavy atom. The fourth-order valence-corrected chi connectivity index (χ4v) is 3.02. The van der Waals surface area contributed by atoms with Crippen molar-refractivity contribution >= 4 is 22.5 Å². The summed E-state index contributed by atoms with van der Waals surface area (Å²) in [6.45, 7) is 2.39. The Kier molecular flexibility index (Phi) is 3.91. The van der Waals surface area contributed by atoms with Gasteiger partial charge < -0.3 is 14.2 Å². The second-order valence-electron chi connectivity index (χ2n) is 5.68. The molecule has 0 saturated carbocycles. The van der Waals surface area contributed by atoms with Crippen LogP contribution < -0.4 is 10.2 Å². The Morgan fingerprint density at radius 2 is 2.19 bits per heavy atom. The number of fused-ring (bicyclic) bond motifs is 2. The number of pyridine rings is 1. The zero-order valence-electron chi connectivity index (χ0n) is 12.4. The highest BCUT2D eigenvalue weighted by atomic mass is 35.5. The quantitative estimate of drug-likeness (QED) is 0.870. The maximum atomic E-state index is 12.5. The van der Waals surface area contributed by atoms with Crippen LogP contribution in [0.15, 0.2) is 23.0 Å². The maximum absolute atomic E-state index is 12.5. The van der Waals surface area contributed by atoms with E-state index >= 15 is 0 Å². The number of aryl methyl sites for hydroxylation is 1. The largest absolute Gasteiger partial charge is 0.478 e. The summed E-state index contributed by atoms with van der Waals surface area (Å²) >= 11 is 6.11. The molecule has 3 rings (SSSR count). The van der Waals surface area contributed by atoms with E-state index in [1.165, 1.54) is 0 Å². The van der Waals surface area contributed by atoms with E-state index in [9.17, 15) is 4.79 Å². The molecule has 4 nitrogen and oxygen atoms in total. The molecule has 2 aromatic rings. The molecule has 0 N–H and O–H groups in total. The molecule has 0 spiro atoms. The maximum Gasteiger partial charge on any atom is 0.201 e. The molecule has 21 heavy (non-hydrogen) atoms. The summed E-state index contributed by atoms with van der Waals surface area (Å²) in [5.41, 5.74) is 1.75. The molecule has 0 saturated heterocycles. The Hall–Kier alpha value is -1.52. The minimum absolute atomic E-state index is 0.0815. The van der Waals surface area contributed by atoms with Gasteiger partial charge in [0.25, 0.3) is 0 Å². The zero-order chi connectivity index (χ0) is 15.0. The monoisotopic (exact) mass is 306 g/mol. The first-order valence-electron chi connectivity index (χ1n) is 7.20. The number of halogens is 1. The molecule has 112 valence electrons. The minimum Gasteiger partial charge on any atom is -0.478 e. The van der Waals surface area contributed by atoms with Gasteiger partial charge >= 0.3 is 0 Å². The summed E-state index contributed by atoms with van der Waals surface area (Å²) in [6, 6.07) is 5.45. The number of hydrogen-bond donors (Lipinski definition) is 0. The molecular weight excluding hydrogens is 288 g/mol.